The highest BCUT2D eigenvalue weighted by atomic mass is 32.2. The predicted octanol–water partition coefficient (Wildman–Crippen LogP) is 4.29. The fourth-order valence-electron chi connectivity index (χ4n) is 2.55. The predicted molar refractivity (Wildman–Crippen MR) is 126 cm³/mol. The summed E-state index contributed by atoms with van der Waals surface area (Å²) < 4.78 is 5.54. The van der Waals surface area contributed by atoms with Gasteiger partial charge in [-0.1, -0.05) is 24.8 Å². The summed E-state index contributed by atoms with van der Waals surface area (Å²) in [6.45, 7) is 4.47. The van der Waals surface area contributed by atoms with Crippen molar-refractivity contribution in [1.82, 2.24) is 4.98 Å². The third-order valence-corrected chi connectivity index (χ3v) is 5.15. The van der Waals surface area contributed by atoms with Gasteiger partial charge in [-0.25, -0.2) is 4.98 Å². The molecule has 0 fully saturated rings. The number of benzene rings is 1. The van der Waals surface area contributed by atoms with Crippen LogP contribution >= 0.6 is 24.4 Å². The van der Waals surface area contributed by atoms with Gasteiger partial charge in [-0.2, -0.15) is 23.2 Å². The van der Waals surface area contributed by atoms with Gasteiger partial charge >= 0.3 is 0 Å². The number of thiol groups is 1. The highest BCUT2D eigenvalue weighted by molar-refractivity contribution is 7.99. The summed E-state index contributed by atoms with van der Waals surface area (Å²) in [5.41, 5.74) is 8.53. The molecule has 6 nitrogen and oxygen atoms in total. The van der Waals surface area contributed by atoms with Crippen LogP contribution in [0.1, 0.15) is 11.1 Å². The molecule has 2 rings (SSSR count). The molecule has 8 heteroatoms. The Morgan fingerprint density at radius 1 is 1.30 bits per heavy atom. The molecule has 0 radical (unpaired) electrons. The summed E-state index contributed by atoms with van der Waals surface area (Å²) in [4.78, 5) is 8.18. The monoisotopic (exact) mass is 435 g/mol. The lowest BCUT2D eigenvalue weighted by Crippen LogP contribution is -2.04. The minimum Gasteiger partial charge on any atom is -0.493 e. The van der Waals surface area contributed by atoms with Gasteiger partial charge in [0.15, 0.2) is 0 Å². The minimum absolute atomic E-state index is 0.0867. The van der Waals surface area contributed by atoms with E-state index in [0.29, 0.717) is 45.6 Å². The van der Waals surface area contributed by atoms with Crippen LogP contribution in [0.3, 0.4) is 0 Å². The van der Waals surface area contributed by atoms with E-state index >= 15 is 0 Å². The van der Waals surface area contributed by atoms with E-state index in [9.17, 15) is 10.5 Å². The first kappa shape index (κ1) is 23.1. The van der Waals surface area contributed by atoms with E-state index in [1.807, 2.05) is 6.08 Å². The molecule has 0 aliphatic carbocycles. The van der Waals surface area contributed by atoms with Gasteiger partial charge in [0.05, 0.1) is 12.2 Å². The lowest BCUT2D eigenvalue weighted by atomic mass is 9.97. The number of rotatable bonds is 9. The largest absolute Gasteiger partial charge is 0.493 e. The molecule has 152 valence electrons. The van der Waals surface area contributed by atoms with Crippen LogP contribution in [0, 0.1) is 22.7 Å². The molecule has 0 spiro atoms. The Balaban J connectivity index is 2.43. The van der Waals surface area contributed by atoms with E-state index in [1.165, 1.54) is 11.8 Å². The van der Waals surface area contributed by atoms with E-state index in [2.05, 4.69) is 41.3 Å². The van der Waals surface area contributed by atoms with Crippen molar-refractivity contribution in [1.29, 1.82) is 10.5 Å². The number of hydrogen-bond donors (Lipinski definition) is 2. The zero-order valence-corrected chi connectivity index (χ0v) is 18.2. The molecular weight excluding hydrogens is 414 g/mol. The van der Waals surface area contributed by atoms with Gasteiger partial charge in [0.2, 0.25) is 0 Å². The smallest absolute Gasteiger partial charge is 0.143 e. The normalized spacial score (nSPS) is 10.8. The molecule has 0 unspecified atom stereocenters. The Morgan fingerprint density at radius 2 is 2.00 bits per heavy atom. The van der Waals surface area contributed by atoms with Crippen LogP contribution in [0.4, 0.5) is 5.82 Å². The number of nitrogens with two attached hydrogens (primary N) is 1. The molecule has 0 bridgehead atoms. The Labute approximate surface area is 186 Å². The van der Waals surface area contributed by atoms with E-state index in [-0.39, 0.29) is 11.4 Å². The lowest BCUT2D eigenvalue weighted by Gasteiger charge is -2.13. The first-order chi connectivity index (χ1) is 14.5. The van der Waals surface area contributed by atoms with Gasteiger partial charge in [-0.3, -0.25) is 4.99 Å². The van der Waals surface area contributed by atoms with Gasteiger partial charge in [-0.05, 0) is 29.3 Å². The van der Waals surface area contributed by atoms with E-state index in [4.69, 9.17) is 10.5 Å². The molecule has 0 atom stereocenters. The average molecular weight is 436 g/mol. The van der Waals surface area contributed by atoms with Crippen LogP contribution in [0.15, 0.2) is 58.6 Å². The number of ether oxygens (including phenoxy) is 1. The number of allylic oxidation sites excluding steroid dienone is 2. The molecule has 0 aliphatic rings. The summed E-state index contributed by atoms with van der Waals surface area (Å²) in [7, 11) is 1.69. The molecule has 1 aromatic carbocycles. The van der Waals surface area contributed by atoms with Crippen molar-refractivity contribution in [3.63, 3.8) is 0 Å². The molecule has 2 aromatic rings. The summed E-state index contributed by atoms with van der Waals surface area (Å²) in [6.07, 6.45) is 5.29. The standard InChI is InChI=1S/C22H21N5OS2/c1-15(4-3-9-26-2)14-30-22-19(13-24)20(18(12-23)21(25)27-22)16-5-7-17(8-6-16)28-10-11-29/h3-9,29H,1,10-11,14H2,2H3,(H2,25,27)/b4-3-,26-9?. The third-order valence-electron chi connectivity index (χ3n) is 3.88. The Hall–Kier alpha value is -3.20. The van der Waals surface area contributed by atoms with Gasteiger partial charge < -0.3 is 10.5 Å². The van der Waals surface area contributed by atoms with Crippen LogP contribution in [-0.2, 0) is 0 Å². The zero-order valence-electron chi connectivity index (χ0n) is 16.5. The second-order valence-corrected chi connectivity index (χ2v) is 7.37. The fourth-order valence-corrected chi connectivity index (χ4v) is 3.51. The second-order valence-electron chi connectivity index (χ2n) is 5.96. The van der Waals surface area contributed by atoms with E-state index < -0.39 is 0 Å². The fraction of sp³-hybridized carbons (Fsp3) is 0.182. The minimum atomic E-state index is 0.0867. The third kappa shape index (κ3) is 5.90. The quantitative estimate of drug-likeness (QED) is 0.263. The van der Waals surface area contributed by atoms with Gasteiger partial charge in [-0.15, -0.1) is 11.8 Å². The van der Waals surface area contributed by atoms with Gasteiger partial charge in [0.1, 0.15) is 34.3 Å². The number of nitrogens with zero attached hydrogens (tertiary/aromatic N) is 4. The van der Waals surface area contributed by atoms with Crippen LogP contribution in [-0.4, -0.2) is 36.4 Å². The lowest BCUT2D eigenvalue weighted by molar-refractivity contribution is 0.344. The molecule has 0 amide bonds. The van der Waals surface area contributed by atoms with Gasteiger partial charge in [0.25, 0.3) is 0 Å². The van der Waals surface area contributed by atoms with Crippen molar-refractivity contribution < 1.29 is 4.74 Å². The Morgan fingerprint density at radius 3 is 2.60 bits per heavy atom. The van der Waals surface area contributed by atoms with E-state index in [0.717, 1.165) is 5.57 Å². The molecule has 0 saturated heterocycles. The number of hydrogen-bond acceptors (Lipinski definition) is 8. The maximum Gasteiger partial charge on any atom is 0.143 e. The highest BCUT2D eigenvalue weighted by Gasteiger charge is 2.20. The van der Waals surface area contributed by atoms with Crippen LogP contribution in [0.5, 0.6) is 5.75 Å². The number of pyridine rings is 1. The Bertz CT molecular complexity index is 1050. The molecule has 30 heavy (non-hydrogen) atoms. The molecule has 0 saturated carbocycles. The van der Waals surface area contributed by atoms with Crippen LogP contribution < -0.4 is 10.5 Å². The van der Waals surface area contributed by atoms with Crippen LogP contribution in [0.2, 0.25) is 0 Å². The average Bonchev–Trinajstić information content (AvgIpc) is 2.76. The van der Waals surface area contributed by atoms with Crippen molar-refractivity contribution in [2.75, 3.05) is 30.9 Å². The number of thioether (sulfide) groups is 1. The summed E-state index contributed by atoms with van der Waals surface area (Å²) in [5, 5.41) is 19.9. The topological polar surface area (TPSA) is 108 Å². The highest BCUT2D eigenvalue weighted by Crippen LogP contribution is 2.36. The number of nitrogen functional groups attached to an aromatic ring is 1. The number of aromatic nitrogens is 1. The van der Waals surface area contributed by atoms with Crippen molar-refractivity contribution in [3.05, 3.63) is 59.7 Å². The van der Waals surface area contributed by atoms with Crippen LogP contribution in [0.25, 0.3) is 11.1 Å². The van der Waals surface area contributed by atoms with Crippen molar-refractivity contribution >= 4 is 36.4 Å². The molecular formula is C22H21N5OS2. The van der Waals surface area contributed by atoms with Crippen molar-refractivity contribution in [2.24, 2.45) is 4.99 Å². The number of anilines is 1. The first-order valence-electron chi connectivity index (χ1n) is 8.92. The summed E-state index contributed by atoms with van der Waals surface area (Å²) >= 11 is 5.47. The molecule has 1 heterocycles. The number of nitriles is 2. The zero-order chi connectivity index (χ0) is 21.9. The number of aliphatic imine (C=N–C) groups is 1. The second kappa shape index (κ2) is 11.7. The summed E-state index contributed by atoms with van der Waals surface area (Å²) in [5.74, 6) is 1.88. The maximum absolute atomic E-state index is 9.84. The summed E-state index contributed by atoms with van der Waals surface area (Å²) in [6, 6.07) is 11.4. The molecule has 2 N–H and O–H groups in total. The molecule has 0 aliphatic heterocycles. The SMILES string of the molecule is C=C(/C=C\C=NC)CSc1nc(N)c(C#N)c(-c2ccc(OCCS)cc2)c1C#N. The first-order valence-corrected chi connectivity index (χ1v) is 10.5. The van der Waals surface area contributed by atoms with Gasteiger partial charge in [0, 0.05) is 30.3 Å². The van der Waals surface area contributed by atoms with E-state index in [1.54, 1.807) is 43.6 Å². The van der Waals surface area contributed by atoms with Crippen molar-refractivity contribution in [3.8, 4) is 29.0 Å². The Kier molecular flexibility index (Phi) is 9.02. The molecule has 1 aromatic heterocycles. The maximum atomic E-state index is 9.84. The van der Waals surface area contributed by atoms with Crippen molar-refractivity contribution in [2.45, 2.75) is 5.03 Å².